The van der Waals surface area contributed by atoms with Crippen LogP contribution in [0.1, 0.15) is 24.3 Å². The second-order valence-corrected chi connectivity index (χ2v) is 4.17. The van der Waals surface area contributed by atoms with E-state index in [2.05, 4.69) is 15.5 Å². The van der Waals surface area contributed by atoms with Crippen LogP contribution in [-0.2, 0) is 11.0 Å². The van der Waals surface area contributed by atoms with E-state index in [1.54, 1.807) is 0 Å². The summed E-state index contributed by atoms with van der Waals surface area (Å²) >= 11 is 0.430. The molecule has 0 saturated heterocycles. The predicted octanol–water partition coefficient (Wildman–Crippen LogP) is 2.22. The molecule has 0 aliphatic carbocycles. The minimum atomic E-state index is -4.47. The van der Waals surface area contributed by atoms with E-state index in [9.17, 15) is 18.0 Å². The number of unbranched alkanes of at least 4 members (excludes halogenated alkanes) is 1. The number of rotatable bonds is 6. The number of carbonyl (C=O) groups is 1. The van der Waals surface area contributed by atoms with Crippen LogP contribution < -0.4 is 5.32 Å². The average molecular weight is 269 g/mol. The van der Waals surface area contributed by atoms with E-state index in [0.717, 1.165) is 0 Å². The van der Waals surface area contributed by atoms with E-state index in [4.69, 9.17) is 5.11 Å². The molecule has 0 radical (unpaired) electrons. The summed E-state index contributed by atoms with van der Waals surface area (Å²) in [5, 5.41) is 16.5. The van der Waals surface area contributed by atoms with Crippen LogP contribution in [0.2, 0.25) is 0 Å². The number of hydrogen-bond acceptors (Lipinski definition) is 5. The molecule has 1 aromatic rings. The van der Waals surface area contributed by atoms with Crippen LogP contribution in [-0.4, -0.2) is 27.8 Å². The Labute approximate surface area is 98.7 Å². The van der Waals surface area contributed by atoms with Crippen molar-refractivity contribution in [1.82, 2.24) is 10.2 Å². The molecule has 96 valence electrons. The number of anilines is 1. The quantitative estimate of drug-likeness (QED) is 0.774. The van der Waals surface area contributed by atoms with Crippen LogP contribution in [0.3, 0.4) is 0 Å². The molecule has 17 heavy (non-hydrogen) atoms. The summed E-state index contributed by atoms with van der Waals surface area (Å²) in [6.07, 6.45) is -3.41. The fourth-order valence-electron chi connectivity index (χ4n) is 1.01. The van der Waals surface area contributed by atoms with Crippen LogP contribution in [0, 0.1) is 0 Å². The van der Waals surface area contributed by atoms with Crippen molar-refractivity contribution in [1.29, 1.82) is 0 Å². The van der Waals surface area contributed by atoms with Gasteiger partial charge in [-0.05, 0) is 12.8 Å². The first-order valence-corrected chi connectivity index (χ1v) is 5.57. The lowest BCUT2D eigenvalue weighted by Gasteiger charge is -2.00. The summed E-state index contributed by atoms with van der Waals surface area (Å²) < 4.78 is 36.4. The molecule has 1 heterocycles. The van der Waals surface area contributed by atoms with Crippen molar-refractivity contribution in [3.8, 4) is 0 Å². The Kier molecular flexibility index (Phi) is 4.67. The molecule has 0 spiro atoms. The first-order chi connectivity index (χ1) is 7.89. The van der Waals surface area contributed by atoms with Crippen molar-refractivity contribution >= 4 is 22.4 Å². The lowest BCUT2D eigenvalue weighted by atomic mass is 10.2. The van der Waals surface area contributed by atoms with Crippen molar-refractivity contribution in [2.75, 3.05) is 11.9 Å². The zero-order valence-corrected chi connectivity index (χ0v) is 9.44. The molecule has 0 unspecified atom stereocenters. The van der Waals surface area contributed by atoms with Crippen LogP contribution in [0.25, 0.3) is 0 Å². The van der Waals surface area contributed by atoms with Crippen LogP contribution in [0.5, 0.6) is 0 Å². The Hall–Kier alpha value is -1.38. The highest BCUT2D eigenvalue weighted by molar-refractivity contribution is 7.15. The predicted molar refractivity (Wildman–Crippen MR) is 54.9 cm³/mol. The molecule has 0 bridgehead atoms. The van der Waals surface area contributed by atoms with Gasteiger partial charge in [-0.1, -0.05) is 11.3 Å². The van der Waals surface area contributed by atoms with Crippen molar-refractivity contribution in [2.45, 2.75) is 25.4 Å². The highest BCUT2D eigenvalue weighted by Crippen LogP contribution is 2.32. The summed E-state index contributed by atoms with van der Waals surface area (Å²) in [6, 6.07) is 0. The number of aliphatic carboxylic acids is 1. The lowest BCUT2D eigenvalue weighted by molar-refractivity contribution is -0.138. The second-order valence-electron chi connectivity index (χ2n) is 3.19. The first-order valence-electron chi connectivity index (χ1n) is 4.76. The molecular weight excluding hydrogens is 259 g/mol. The number of aromatic nitrogens is 2. The van der Waals surface area contributed by atoms with E-state index in [-0.39, 0.29) is 11.6 Å². The van der Waals surface area contributed by atoms with Crippen molar-refractivity contribution < 1.29 is 23.1 Å². The van der Waals surface area contributed by atoms with E-state index in [1.807, 2.05) is 0 Å². The third-order valence-corrected chi connectivity index (χ3v) is 2.69. The molecule has 1 rings (SSSR count). The van der Waals surface area contributed by atoms with Crippen LogP contribution in [0.4, 0.5) is 18.3 Å². The van der Waals surface area contributed by atoms with Gasteiger partial charge in [-0.3, -0.25) is 4.79 Å². The monoisotopic (exact) mass is 269 g/mol. The van der Waals surface area contributed by atoms with Crippen LogP contribution in [0.15, 0.2) is 0 Å². The molecule has 0 saturated carbocycles. The maximum Gasteiger partial charge on any atom is 0.445 e. The van der Waals surface area contributed by atoms with E-state index in [1.165, 1.54) is 0 Å². The molecule has 0 atom stereocenters. The molecular formula is C8H10F3N3O2S. The average Bonchev–Trinajstić information content (AvgIpc) is 2.64. The summed E-state index contributed by atoms with van der Waals surface area (Å²) in [5.41, 5.74) is 0. The minimum absolute atomic E-state index is 0.0472. The first kappa shape index (κ1) is 13.7. The Balaban J connectivity index is 2.28. The zero-order valence-electron chi connectivity index (χ0n) is 8.62. The van der Waals surface area contributed by atoms with Gasteiger partial charge in [-0.25, -0.2) is 0 Å². The second kappa shape index (κ2) is 5.80. The maximum atomic E-state index is 12.1. The van der Waals surface area contributed by atoms with Gasteiger partial charge in [0.15, 0.2) is 0 Å². The largest absolute Gasteiger partial charge is 0.481 e. The number of carboxylic acids is 1. The topological polar surface area (TPSA) is 75.1 Å². The van der Waals surface area contributed by atoms with Gasteiger partial charge in [0.05, 0.1) is 0 Å². The summed E-state index contributed by atoms with van der Waals surface area (Å²) in [5.74, 6) is -0.889. The van der Waals surface area contributed by atoms with Gasteiger partial charge in [0, 0.05) is 13.0 Å². The van der Waals surface area contributed by atoms with Gasteiger partial charge in [0.1, 0.15) is 0 Å². The summed E-state index contributed by atoms with van der Waals surface area (Å²) in [6.45, 7) is 0.375. The summed E-state index contributed by atoms with van der Waals surface area (Å²) in [7, 11) is 0. The zero-order chi connectivity index (χ0) is 12.9. The van der Waals surface area contributed by atoms with E-state index in [0.29, 0.717) is 30.7 Å². The highest BCUT2D eigenvalue weighted by Gasteiger charge is 2.35. The molecule has 1 aromatic heterocycles. The molecule has 0 aromatic carbocycles. The Morgan fingerprint density at radius 2 is 2.06 bits per heavy atom. The third-order valence-electron chi connectivity index (χ3n) is 1.76. The van der Waals surface area contributed by atoms with Gasteiger partial charge in [0.2, 0.25) is 10.1 Å². The number of alkyl halides is 3. The number of nitrogens with one attached hydrogen (secondary N) is 1. The van der Waals surface area contributed by atoms with Gasteiger partial charge in [-0.2, -0.15) is 13.2 Å². The van der Waals surface area contributed by atoms with Crippen molar-refractivity contribution in [3.05, 3.63) is 5.01 Å². The number of nitrogens with zero attached hydrogens (tertiary/aromatic N) is 2. The van der Waals surface area contributed by atoms with Crippen LogP contribution >= 0.6 is 11.3 Å². The number of carboxylic acid groups (broad SMARTS) is 1. The summed E-state index contributed by atoms with van der Waals surface area (Å²) in [4.78, 5) is 10.2. The van der Waals surface area contributed by atoms with Gasteiger partial charge < -0.3 is 10.4 Å². The highest BCUT2D eigenvalue weighted by atomic mass is 32.1. The molecule has 0 fully saturated rings. The molecule has 2 N–H and O–H groups in total. The van der Waals surface area contributed by atoms with Gasteiger partial charge >= 0.3 is 12.1 Å². The lowest BCUT2D eigenvalue weighted by Crippen LogP contribution is -2.03. The normalized spacial score (nSPS) is 11.5. The fourth-order valence-corrected chi connectivity index (χ4v) is 1.64. The number of halogens is 3. The molecule has 9 heteroatoms. The van der Waals surface area contributed by atoms with Crippen molar-refractivity contribution in [2.24, 2.45) is 0 Å². The van der Waals surface area contributed by atoms with Gasteiger partial charge in [0.25, 0.3) is 0 Å². The van der Waals surface area contributed by atoms with Gasteiger partial charge in [-0.15, -0.1) is 10.2 Å². The maximum absolute atomic E-state index is 12.1. The Morgan fingerprint density at radius 1 is 1.35 bits per heavy atom. The van der Waals surface area contributed by atoms with Crippen molar-refractivity contribution in [3.63, 3.8) is 0 Å². The van der Waals surface area contributed by atoms with E-state index >= 15 is 0 Å². The Bertz CT molecular complexity index is 380. The SMILES string of the molecule is O=C(O)CCCCNc1nnc(C(F)(F)F)s1. The smallest absolute Gasteiger partial charge is 0.445 e. The van der Waals surface area contributed by atoms with E-state index < -0.39 is 17.2 Å². The molecule has 5 nitrogen and oxygen atoms in total. The molecule has 0 amide bonds. The number of hydrogen-bond donors (Lipinski definition) is 2. The molecule has 0 aliphatic heterocycles. The standard InChI is InChI=1S/C8H10F3N3O2S/c9-8(10,11)6-13-14-7(17-6)12-4-2-1-3-5(15)16/h1-4H2,(H,12,14)(H,15,16). The minimum Gasteiger partial charge on any atom is -0.481 e. The Morgan fingerprint density at radius 3 is 2.59 bits per heavy atom. The fraction of sp³-hybridized carbons (Fsp3) is 0.625. The third kappa shape index (κ3) is 4.98. The molecule has 0 aliphatic rings.